The van der Waals surface area contributed by atoms with Crippen molar-refractivity contribution in [2.24, 2.45) is 10.9 Å². The number of hydrogen-bond donors (Lipinski definition) is 5. The molecule has 2 aromatic carbocycles. The van der Waals surface area contributed by atoms with Crippen LogP contribution in [0.5, 0.6) is 5.75 Å². The maximum absolute atomic E-state index is 13.2. The van der Waals surface area contributed by atoms with Crippen molar-refractivity contribution in [3.05, 3.63) is 65.5 Å². The van der Waals surface area contributed by atoms with Gasteiger partial charge in [-0.25, -0.2) is 23.2 Å². The summed E-state index contributed by atoms with van der Waals surface area (Å²) in [5.74, 6) is 0.0461. The molecule has 13 nitrogen and oxygen atoms in total. The second-order valence-corrected chi connectivity index (χ2v) is 13.0. The van der Waals surface area contributed by atoms with Gasteiger partial charge in [-0.05, 0) is 61.7 Å². The van der Waals surface area contributed by atoms with Crippen LogP contribution in [-0.4, -0.2) is 65.1 Å². The van der Waals surface area contributed by atoms with Gasteiger partial charge < -0.3 is 26.2 Å². The average Bonchev–Trinajstić information content (AvgIpc) is 3.65. The number of amides is 1. The molecule has 0 fully saturated rings. The Morgan fingerprint density at radius 2 is 1.89 bits per heavy atom. The highest BCUT2D eigenvalue weighted by molar-refractivity contribution is 7.91. The summed E-state index contributed by atoms with van der Waals surface area (Å²) in [4.78, 5) is 17.3. The first-order valence-corrected chi connectivity index (χ1v) is 16.2. The van der Waals surface area contributed by atoms with E-state index in [1.165, 1.54) is 16.8 Å². The topological polar surface area (TPSA) is 200 Å². The summed E-state index contributed by atoms with van der Waals surface area (Å²) < 4.78 is 69.5. The Morgan fingerprint density at radius 3 is 2.57 bits per heavy atom. The van der Waals surface area contributed by atoms with E-state index in [1.54, 1.807) is 24.4 Å². The van der Waals surface area contributed by atoms with Crippen LogP contribution in [0.2, 0.25) is 0 Å². The summed E-state index contributed by atoms with van der Waals surface area (Å²) in [6, 6.07) is 8.28. The lowest BCUT2D eigenvalue weighted by Gasteiger charge is -2.17. The molecule has 1 amide bonds. The minimum Gasteiger partial charge on any atom is -0.487 e. The Bertz CT molecular complexity index is 1690. The summed E-state index contributed by atoms with van der Waals surface area (Å²) >= 11 is 0.918. The fourth-order valence-electron chi connectivity index (χ4n) is 4.23. The number of unbranched alkanes of at least 4 members (excludes halogenated alkanes) is 1. The molecule has 0 saturated heterocycles. The maximum Gasteiger partial charge on any atom is 0.416 e. The van der Waals surface area contributed by atoms with Crippen molar-refractivity contribution in [3.8, 4) is 5.75 Å². The molecule has 0 aliphatic carbocycles. The summed E-state index contributed by atoms with van der Waals surface area (Å²) in [5, 5.41) is 28.4. The molecule has 0 bridgehead atoms. The average molecular weight is 707 g/mol. The molecule has 46 heavy (non-hydrogen) atoms. The molecule has 2 heterocycles. The van der Waals surface area contributed by atoms with Gasteiger partial charge in [0.2, 0.25) is 10.2 Å². The maximum atomic E-state index is 13.2. The smallest absolute Gasteiger partial charge is 0.416 e. The van der Waals surface area contributed by atoms with E-state index >= 15 is 0 Å². The number of hydrogen-bond acceptors (Lipinski definition) is 11. The van der Waals surface area contributed by atoms with Crippen LogP contribution in [0.3, 0.4) is 0 Å². The predicted octanol–water partition coefficient (Wildman–Crippen LogP) is 2.49. The number of ether oxygens (including phenoxy) is 1. The van der Waals surface area contributed by atoms with Gasteiger partial charge in [-0.2, -0.15) is 13.2 Å². The molecule has 0 unspecified atom stereocenters. The number of nitrogens with one attached hydrogen (secondary N) is 2. The Labute approximate surface area is 273 Å². The number of halogens is 4. The van der Waals surface area contributed by atoms with E-state index in [2.05, 4.69) is 25.9 Å². The number of rotatable bonds is 16. The number of benzene rings is 2. The van der Waals surface area contributed by atoms with Gasteiger partial charge in [0.15, 0.2) is 0 Å². The van der Waals surface area contributed by atoms with Crippen LogP contribution in [0.25, 0.3) is 10.2 Å². The summed E-state index contributed by atoms with van der Waals surface area (Å²) in [7, 11) is -3.93. The first-order valence-electron chi connectivity index (χ1n) is 13.8. The van der Waals surface area contributed by atoms with Gasteiger partial charge in [0.1, 0.15) is 24.1 Å². The third kappa shape index (κ3) is 10.6. The minimum atomic E-state index is -4.45. The first-order chi connectivity index (χ1) is 21.3. The van der Waals surface area contributed by atoms with Gasteiger partial charge in [-0.3, -0.25) is 4.79 Å². The lowest BCUT2D eigenvalue weighted by molar-refractivity contribution is -0.137. The third-order valence-corrected chi connectivity index (χ3v) is 8.96. The molecule has 0 saturated carbocycles. The number of carbonyl (C=O) groups excluding carboxylic acids is 1. The molecule has 4 aromatic rings. The summed E-state index contributed by atoms with van der Waals surface area (Å²) in [6.45, 7) is 0.954. The zero-order chi connectivity index (χ0) is 32.6. The number of nitrogens with two attached hydrogens (primary N) is 2. The van der Waals surface area contributed by atoms with E-state index < -0.39 is 27.8 Å². The number of aliphatic hydroxyl groups excluding tert-OH is 1. The fraction of sp³-hybridized carbons (Fsp3) is 0.407. The molecule has 252 valence electrons. The van der Waals surface area contributed by atoms with Crippen molar-refractivity contribution in [1.29, 1.82) is 0 Å². The van der Waals surface area contributed by atoms with Crippen molar-refractivity contribution in [2.75, 3.05) is 19.7 Å². The van der Waals surface area contributed by atoms with E-state index in [0.717, 1.165) is 23.5 Å². The lowest BCUT2D eigenvalue weighted by atomic mass is 10.1. The van der Waals surface area contributed by atoms with Crippen molar-refractivity contribution >= 4 is 49.9 Å². The number of thiazole rings is 1. The molecule has 2 aromatic heterocycles. The second kappa shape index (κ2) is 16.4. The van der Waals surface area contributed by atoms with Gasteiger partial charge in [-0.15, -0.1) is 28.8 Å². The van der Waals surface area contributed by atoms with Crippen LogP contribution in [0.15, 0.2) is 53.0 Å². The van der Waals surface area contributed by atoms with Gasteiger partial charge in [0.05, 0.1) is 28.6 Å². The van der Waals surface area contributed by atoms with Crippen LogP contribution in [0, 0.1) is 0 Å². The zero-order valence-electron chi connectivity index (χ0n) is 24.3. The van der Waals surface area contributed by atoms with Gasteiger partial charge in [-0.1, -0.05) is 17.3 Å². The fourth-order valence-corrected chi connectivity index (χ4v) is 5.91. The Kier molecular flexibility index (Phi) is 13.2. The summed E-state index contributed by atoms with van der Waals surface area (Å²) in [6.07, 6.45) is -1.15. The van der Waals surface area contributed by atoms with E-state index in [-0.39, 0.29) is 48.5 Å². The molecule has 19 heteroatoms. The zero-order valence-corrected chi connectivity index (χ0v) is 26.8. The molecule has 4 rings (SSSR count). The number of sulfonamides is 1. The predicted molar refractivity (Wildman–Crippen MR) is 167 cm³/mol. The standard InChI is InChI=1S/C27H33F3N8O5S2.ClH/c28-27(29,30)18-6-4-17(5-7-18)12-34-25(40)23(3-1-2-10-33-13-19(31)15-39)38-14-20(36-37-38)16-43-21-8-9-22-24(11-21)44-26(35-22)45(32,41)42;/h4-9,11,14,19,23,33,39H,1-3,10,12-13,15-16,31H2,(H,34,40)(H2,32,41,42);1H/t19-,23-;/m0./s1. The number of aliphatic hydroxyl groups is 1. The molecule has 0 spiro atoms. The number of carbonyl (C=O) groups is 1. The number of alkyl halides is 3. The molecule has 0 aliphatic heterocycles. The van der Waals surface area contributed by atoms with Crippen molar-refractivity contribution in [3.63, 3.8) is 0 Å². The van der Waals surface area contributed by atoms with Gasteiger partial charge in [0.25, 0.3) is 10.0 Å². The third-order valence-electron chi connectivity index (χ3n) is 6.62. The van der Waals surface area contributed by atoms with Crippen LogP contribution in [0.1, 0.15) is 42.1 Å². The molecule has 7 N–H and O–H groups in total. The van der Waals surface area contributed by atoms with E-state index in [0.29, 0.717) is 59.6 Å². The number of primary sulfonamides is 1. The van der Waals surface area contributed by atoms with Crippen LogP contribution < -0.4 is 26.2 Å². The quantitative estimate of drug-likeness (QED) is 0.108. The van der Waals surface area contributed by atoms with Crippen LogP contribution in [-0.2, 0) is 34.1 Å². The van der Waals surface area contributed by atoms with Gasteiger partial charge in [0, 0.05) is 19.1 Å². The van der Waals surface area contributed by atoms with Crippen LogP contribution in [0.4, 0.5) is 13.2 Å². The Morgan fingerprint density at radius 1 is 1.15 bits per heavy atom. The molecule has 2 atom stereocenters. The molecular formula is C27H34ClF3N8O5S2. The minimum absolute atomic E-state index is 0. The molecule has 0 aliphatic rings. The number of fused-ring (bicyclic) bond motifs is 1. The monoisotopic (exact) mass is 706 g/mol. The highest BCUT2D eigenvalue weighted by Crippen LogP contribution is 2.30. The highest BCUT2D eigenvalue weighted by Gasteiger charge is 2.30. The van der Waals surface area contributed by atoms with Crippen molar-refractivity contribution in [2.45, 2.75) is 55.0 Å². The first kappa shape index (κ1) is 37.1. The molecule has 0 radical (unpaired) electrons. The Hall–Kier alpha value is -3.39. The summed E-state index contributed by atoms with van der Waals surface area (Å²) in [5.41, 5.74) is 6.29. The van der Waals surface area contributed by atoms with E-state index in [9.17, 15) is 26.4 Å². The van der Waals surface area contributed by atoms with E-state index in [1.807, 2.05) is 0 Å². The number of aromatic nitrogens is 4. The van der Waals surface area contributed by atoms with Crippen molar-refractivity contribution < 1.29 is 36.2 Å². The normalized spacial score (nSPS) is 13.3. The van der Waals surface area contributed by atoms with E-state index in [4.69, 9.17) is 20.7 Å². The SMILES string of the molecule is Cl.N[C@H](CO)CNCCCC[C@@H](C(=O)NCc1ccc(C(F)(F)F)cc1)n1cc(COc2ccc3nc(S(N)(=O)=O)sc3c2)nn1. The van der Waals surface area contributed by atoms with Gasteiger partial charge >= 0.3 is 6.18 Å². The highest BCUT2D eigenvalue weighted by atomic mass is 35.5. The lowest BCUT2D eigenvalue weighted by Crippen LogP contribution is -2.37. The largest absolute Gasteiger partial charge is 0.487 e. The Balaban J connectivity index is 0.00000576. The van der Waals surface area contributed by atoms with Crippen LogP contribution >= 0.6 is 23.7 Å². The van der Waals surface area contributed by atoms with Crippen molar-refractivity contribution in [1.82, 2.24) is 30.6 Å². The molecular weight excluding hydrogens is 673 g/mol. The number of nitrogens with zero attached hydrogens (tertiary/aromatic N) is 4. The second-order valence-electron chi connectivity index (χ2n) is 10.2.